The molecule has 2 heterocycles. The van der Waals surface area contributed by atoms with Gasteiger partial charge in [0.1, 0.15) is 28.5 Å². The van der Waals surface area contributed by atoms with Crippen LogP contribution in [0, 0.1) is 5.82 Å². The summed E-state index contributed by atoms with van der Waals surface area (Å²) in [6.45, 7) is -0.238. The molecule has 0 saturated heterocycles. The van der Waals surface area contributed by atoms with E-state index in [9.17, 15) is 18.0 Å². The molecule has 0 aliphatic heterocycles. The third-order valence-corrected chi connectivity index (χ3v) is 9.27. The smallest absolute Gasteiger partial charge is 0.420 e. The zero-order valence-corrected chi connectivity index (χ0v) is 25.5. The summed E-state index contributed by atoms with van der Waals surface area (Å²) < 4.78 is 65.8. The van der Waals surface area contributed by atoms with Crippen molar-refractivity contribution in [3.05, 3.63) is 100 Å². The maximum atomic E-state index is 15.8. The van der Waals surface area contributed by atoms with Crippen molar-refractivity contribution in [1.29, 1.82) is 0 Å². The summed E-state index contributed by atoms with van der Waals surface area (Å²) in [6.07, 6.45) is 3.30. The number of rotatable bonds is 12. The molecule has 16 heteroatoms. The van der Waals surface area contributed by atoms with Gasteiger partial charge in [-0.15, -0.1) is 0 Å². The molecular formula is C29H26FN5O8S2. The number of oxazole rings is 1. The summed E-state index contributed by atoms with van der Waals surface area (Å²) in [4.78, 5) is 27.0. The minimum absolute atomic E-state index is 0.0189. The fourth-order valence-corrected chi connectivity index (χ4v) is 6.74. The second kappa shape index (κ2) is 13.2. The predicted octanol–water partition coefficient (Wildman–Crippen LogP) is 4.33. The topological polar surface area (TPSA) is 166 Å². The van der Waals surface area contributed by atoms with E-state index in [-0.39, 0.29) is 35.9 Å². The molecule has 2 N–H and O–H groups in total. The molecule has 2 aromatic heterocycles. The van der Waals surface area contributed by atoms with Crippen molar-refractivity contribution in [1.82, 2.24) is 19.2 Å². The van der Waals surface area contributed by atoms with Crippen molar-refractivity contribution >= 4 is 50.0 Å². The van der Waals surface area contributed by atoms with Gasteiger partial charge in [-0.3, -0.25) is 4.57 Å². The number of nitrogens with one attached hydrogen (secondary N) is 1. The van der Waals surface area contributed by atoms with Gasteiger partial charge in [-0.2, -0.15) is 4.37 Å². The normalized spacial score (nSPS) is 11.6. The van der Waals surface area contributed by atoms with E-state index in [4.69, 9.17) is 19.0 Å². The van der Waals surface area contributed by atoms with E-state index in [2.05, 4.69) is 14.7 Å². The SMILES string of the molecule is COc1ccc(CN(c2ncns2)S(=O)(=O)c2cc3oc(=O)n(Cc4ccccc4C=CCNC(=O)O)c3cc2F)c(OC)c1. The predicted molar refractivity (Wildman–Crippen MR) is 164 cm³/mol. The molecule has 3 aromatic carbocycles. The Morgan fingerprint density at radius 2 is 1.96 bits per heavy atom. The molecule has 13 nitrogen and oxygen atoms in total. The number of carboxylic acid groups (broad SMARTS) is 1. The van der Waals surface area contributed by atoms with Crippen LogP contribution in [-0.4, -0.2) is 54.3 Å². The second-order valence-corrected chi connectivity index (χ2v) is 12.0. The Balaban J connectivity index is 1.52. The standard InChI is InChI=1S/C29H26FN5O8S2/c1-41-21-10-9-20(24(12-21)42-2)16-35(27-32-17-33-44-27)45(39,40)26-14-25-23(13-22(26)30)34(29(38)43-25)15-19-7-4-3-6-18(19)8-5-11-31-28(36)37/h3-10,12-14,17,31H,11,15-16H2,1-2H3,(H,36,37). The highest BCUT2D eigenvalue weighted by Gasteiger charge is 2.32. The van der Waals surface area contributed by atoms with E-state index < -0.39 is 32.6 Å². The van der Waals surface area contributed by atoms with Crippen molar-refractivity contribution < 1.29 is 36.6 Å². The number of halogens is 1. The van der Waals surface area contributed by atoms with Crippen LogP contribution in [0.4, 0.5) is 14.3 Å². The summed E-state index contributed by atoms with van der Waals surface area (Å²) >= 11 is 0.801. The molecule has 1 amide bonds. The van der Waals surface area contributed by atoms with Crippen LogP contribution in [0.5, 0.6) is 11.5 Å². The number of amides is 1. The molecule has 0 bridgehead atoms. The summed E-state index contributed by atoms with van der Waals surface area (Å²) in [7, 11) is -1.72. The third-order valence-electron chi connectivity index (χ3n) is 6.71. The number of nitrogens with zero attached hydrogens (tertiary/aromatic N) is 4. The number of fused-ring (bicyclic) bond motifs is 1. The van der Waals surface area contributed by atoms with Crippen molar-refractivity contribution in [2.75, 3.05) is 25.1 Å². The van der Waals surface area contributed by atoms with Gasteiger partial charge in [-0.25, -0.2) is 31.7 Å². The summed E-state index contributed by atoms with van der Waals surface area (Å²) in [5, 5.41) is 11.0. The van der Waals surface area contributed by atoms with Gasteiger partial charge in [0.15, 0.2) is 5.58 Å². The molecular weight excluding hydrogens is 629 g/mol. The number of methoxy groups -OCH3 is 2. The first-order valence-electron chi connectivity index (χ1n) is 13.2. The average Bonchev–Trinajstić information content (AvgIpc) is 3.66. The minimum atomic E-state index is -4.62. The van der Waals surface area contributed by atoms with Gasteiger partial charge in [0.2, 0.25) is 5.13 Å². The van der Waals surface area contributed by atoms with Crippen LogP contribution in [0.15, 0.2) is 81.1 Å². The van der Waals surface area contributed by atoms with Crippen LogP contribution in [0.25, 0.3) is 17.2 Å². The van der Waals surface area contributed by atoms with Crippen molar-refractivity contribution in [3.63, 3.8) is 0 Å². The Labute approximate surface area is 260 Å². The minimum Gasteiger partial charge on any atom is -0.497 e. The summed E-state index contributed by atoms with van der Waals surface area (Å²) in [5.74, 6) is -1.10. The summed E-state index contributed by atoms with van der Waals surface area (Å²) in [5.41, 5.74) is 1.69. The molecule has 234 valence electrons. The number of benzene rings is 3. The quantitative estimate of drug-likeness (QED) is 0.198. The molecule has 45 heavy (non-hydrogen) atoms. The zero-order chi connectivity index (χ0) is 32.1. The van der Waals surface area contributed by atoms with Gasteiger partial charge in [0.05, 0.1) is 32.8 Å². The van der Waals surface area contributed by atoms with Crippen LogP contribution in [0.1, 0.15) is 16.7 Å². The average molecular weight is 656 g/mol. The first-order chi connectivity index (χ1) is 21.6. The van der Waals surface area contributed by atoms with Gasteiger partial charge in [0.25, 0.3) is 10.0 Å². The molecule has 0 unspecified atom stereocenters. The fourth-order valence-electron chi connectivity index (χ4n) is 4.54. The number of hydrogen-bond acceptors (Lipinski definition) is 10. The zero-order valence-electron chi connectivity index (χ0n) is 23.8. The van der Waals surface area contributed by atoms with Crippen LogP contribution < -0.4 is 24.9 Å². The molecule has 5 aromatic rings. The van der Waals surface area contributed by atoms with Crippen molar-refractivity contribution in [2.24, 2.45) is 0 Å². The Hall–Kier alpha value is -5.22. The van der Waals surface area contributed by atoms with Gasteiger partial charge in [-0.1, -0.05) is 36.4 Å². The molecule has 0 spiro atoms. The van der Waals surface area contributed by atoms with E-state index in [1.54, 1.807) is 54.6 Å². The number of hydrogen-bond donors (Lipinski definition) is 2. The van der Waals surface area contributed by atoms with Crippen molar-refractivity contribution in [2.45, 2.75) is 18.0 Å². The largest absolute Gasteiger partial charge is 0.497 e. The van der Waals surface area contributed by atoms with Crippen molar-refractivity contribution in [3.8, 4) is 11.5 Å². The van der Waals surface area contributed by atoms with Gasteiger partial charge in [-0.05, 0) is 23.3 Å². The van der Waals surface area contributed by atoms with Crippen LogP contribution in [0.3, 0.4) is 0 Å². The van der Waals surface area contributed by atoms with Crippen LogP contribution >= 0.6 is 11.5 Å². The lowest BCUT2D eigenvalue weighted by atomic mass is 10.1. The highest BCUT2D eigenvalue weighted by molar-refractivity contribution is 7.93. The molecule has 0 aliphatic rings. The number of sulfonamides is 1. The molecule has 5 rings (SSSR count). The number of aromatic nitrogens is 3. The molecule has 0 fully saturated rings. The van der Waals surface area contributed by atoms with Gasteiger partial charge in [0, 0.05) is 41.8 Å². The van der Waals surface area contributed by atoms with Crippen LogP contribution in [-0.2, 0) is 23.1 Å². The Morgan fingerprint density at radius 1 is 1.16 bits per heavy atom. The maximum Gasteiger partial charge on any atom is 0.420 e. The first-order valence-corrected chi connectivity index (χ1v) is 15.4. The van der Waals surface area contributed by atoms with Crippen LogP contribution in [0.2, 0.25) is 0 Å². The lowest BCUT2D eigenvalue weighted by molar-refractivity contribution is 0.195. The second-order valence-electron chi connectivity index (χ2n) is 9.41. The van der Waals surface area contributed by atoms with Gasteiger partial charge >= 0.3 is 11.8 Å². The van der Waals surface area contributed by atoms with E-state index in [1.807, 2.05) is 0 Å². The lowest BCUT2D eigenvalue weighted by Crippen LogP contribution is -2.31. The molecule has 0 radical (unpaired) electrons. The highest BCUT2D eigenvalue weighted by atomic mass is 32.2. The highest BCUT2D eigenvalue weighted by Crippen LogP contribution is 2.33. The first kappa shape index (κ1) is 31.2. The van der Waals surface area contributed by atoms with E-state index in [0.29, 0.717) is 28.2 Å². The number of anilines is 1. The Kier molecular flexibility index (Phi) is 9.15. The third kappa shape index (κ3) is 6.66. The molecule has 0 saturated carbocycles. The molecule has 0 aliphatic carbocycles. The Morgan fingerprint density at radius 3 is 2.67 bits per heavy atom. The van der Waals surface area contributed by atoms with E-state index >= 15 is 4.39 Å². The number of ether oxygens (including phenoxy) is 2. The number of carbonyl (C=O) groups is 1. The van der Waals surface area contributed by atoms with E-state index in [1.165, 1.54) is 25.1 Å². The maximum absolute atomic E-state index is 15.8. The Bertz CT molecular complexity index is 2040. The van der Waals surface area contributed by atoms with Gasteiger partial charge < -0.3 is 24.3 Å². The fraction of sp³-hybridized carbons (Fsp3) is 0.172. The monoisotopic (exact) mass is 655 g/mol. The molecule has 0 atom stereocenters. The summed E-state index contributed by atoms with van der Waals surface area (Å²) in [6, 6.07) is 13.8. The lowest BCUT2D eigenvalue weighted by Gasteiger charge is -2.23. The van der Waals surface area contributed by atoms with E-state index in [0.717, 1.165) is 28.0 Å².